The second kappa shape index (κ2) is 51.2. The first kappa shape index (κ1) is 96.7. The van der Waals surface area contributed by atoms with E-state index in [0.717, 1.165) is 84.9 Å². The van der Waals surface area contributed by atoms with E-state index in [4.69, 9.17) is 28.4 Å². The predicted octanol–water partition coefficient (Wildman–Crippen LogP) is 18.8. The van der Waals surface area contributed by atoms with Gasteiger partial charge in [-0.1, -0.05) is 253 Å². The number of hydrogen-bond acceptors (Lipinski definition) is 20. The third-order valence-electron chi connectivity index (χ3n) is 17.8. The molecule has 112 heavy (non-hydrogen) atoms. The van der Waals surface area contributed by atoms with Crippen molar-refractivity contribution in [3.05, 3.63) is 148 Å². The Morgan fingerprint density at radius 3 is 1.50 bits per heavy atom. The first-order valence-corrected chi connectivity index (χ1v) is 50.1. The molecule has 21 nitrogen and oxygen atoms in total. The highest BCUT2D eigenvalue weighted by Gasteiger charge is 2.35. The second-order valence-corrected chi connectivity index (χ2v) is 46.6. The summed E-state index contributed by atoms with van der Waals surface area (Å²) < 4.78 is 33.8. The molecule has 5 atom stereocenters. The van der Waals surface area contributed by atoms with E-state index in [0.29, 0.717) is 55.2 Å². The molecular weight excluding hydrogens is 1510 g/mol. The van der Waals surface area contributed by atoms with Gasteiger partial charge in [0.15, 0.2) is 10.2 Å². The molecule has 0 aliphatic heterocycles. The summed E-state index contributed by atoms with van der Waals surface area (Å²) in [6.45, 7) is 32.2. The molecule has 618 valence electrons. The lowest BCUT2D eigenvalue weighted by molar-refractivity contribution is -0.157. The molecule has 1 aliphatic carbocycles. The minimum Gasteiger partial charge on any atom is -0.466 e. The molecule has 26 heteroatoms. The summed E-state index contributed by atoms with van der Waals surface area (Å²) in [5.74, 6) is -3.49. The fourth-order valence-corrected chi connectivity index (χ4v) is 15.3. The zero-order chi connectivity index (χ0) is 82.8. The molecule has 0 unspecified atom stereocenters. The number of carbonyl (C=O) groups is 10. The van der Waals surface area contributed by atoms with Gasteiger partial charge in [0.05, 0.1) is 32.1 Å². The summed E-state index contributed by atoms with van der Waals surface area (Å²) >= 11 is 3.76. The van der Waals surface area contributed by atoms with Gasteiger partial charge in [0.2, 0.25) is 0 Å². The summed E-state index contributed by atoms with van der Waals surface area (Å²) in [6.07, 6.45) is 18.3. The number of benzene rings is 3. The van der Waals surface area contributed by atoms with E-state index < -0.39 is 106 Å². The lowest BCUT2D eigenvalue weighted by Crippen LogP contribution is -2.48. The van der Waals surface area contributed by atoms with Gasteiger partial charge in [-0.15, -0.1) is 11.3 Å². The third kappa shape index (κ3) is 39.4. The van der Waals surface area contributed by atoms with Crippen molar-refractivity contribution in [1.82, 2.24) is 26.3 Å². The van der Waals surface area contributed by atoms with Crippen molar-refractivity contribution in [3.63, 3.8) is 0 Å². The van der Waals surface area contributed by atoms with Crippen LogP contribution in [0.2, 0.25) is 51.4 Å². The molecule has 0 radical (unpaired) electrons. The molecule has 3 aromatic carbocycles. The lowest BCUT2D eigenvalue weighted by Gasteiger charge is -2.24. The number of nitrogens with zero attached hydrogens (tertiary/aromatic N) is 1. The van der Waals surface area contributed by atoms with Crippen LogP contribution in [-0.4, -0.2) is 140 Å². The van der Waals surface area contributed by atoms with Gasteiger partial charge in [0, 0.05) is 51.8 Å². The Labute approximate surface area is 681 Å². The quantitative estimate of drug-likeness (QED) is 0.00798. The molecule has 4 amide bonds. The highest BCUT2D eigenvalue weighted by atomic mass is 32.2. The Balaban J connectivity index is 0.000000483. The molecule has 1 heterocycles. The molecule has 4 N–H and O–H groups in total. The van der Waals surface area contributed by atoms with E-state index in [1.54, 1.807) is 59.8 Å². The number of thiazole rings is 1. The first-order chi connectivity index (χ1) is 53.1. The van der Waals surface area contributed by atoms with Crippen LogP contribution in [0.4, 0.5) is 9.59 Å². The maximum Gasteiger partial charge on any atom is 0.408 e. The Kier molecular flexibility index (Phi) is 44.2. The van der Waals surface area contributed by atoms with E-state index in [-0.39, 0.29) is 59.5 Å². The van der Waals surface area contributed by atoms with Gasteiger partial charge in [-0.05, 0) is 124 Å². The Hall–Kier alpha value is -7.66. The largest absolute Gasteiger partial charge is 0.466 e. The van der Waals surface area contributed by atoms with Crippen LogP contribution in [0.5, 0.6) is 0 Å². The van der Waals surface area contributed by atoms with E-state index in [1.165, 1.54) is 65.6 Å². The van der Waals surface area contributed by atoms with Crippen molar-refractivity contribution >= 4 is 109 Å². The van der Waals surface area contributed by atoms with Gasteiger partial charge >= 0.3 is 36.1 Å². The van der Waals surface area contributed by atoms with Crippen LogP contribution in [0.1, 0.15) is 216 Å². The normalized spacial score (nSPS) is 13.7. The van der Waals surface area contributed by atoms with Crippen molar-refractivity contribution in [1.29, 1.82) is 0 Å². The van der Waals surface area contributed by atoms with Crippen LogP contribution in [0.3, 0.4) is 0 Å². The van der Waals surface area contributed by atoms with Crippen LogP contribution < -0.4 is 21.3 Å². The fourth-order valence-electron chi connectivity index (χ4n) is 11.5. The number of carbonyl (C=O) groups excluding carboxylic acids is 10. The van der Waals surface area contributed by atoms with Gasteiger partial charge in [0.1, 0.15) is 52.9 Å². The van der Waals surface area contributed by atoms with Crippen LogP contribution >= 0.6 is 34.9 Å². The monoisotopic (exact) mass is 1640 g/mol. The van der Waals surface area contributed by atoms with E-state index >= 15 is 0 Å². The number of nitrogens with one attached hydrogen (secondary N) is 4. The molecule has 0 spiro atoms. The molecule has 0 saturated heterocycles. The standard InChI is InChI=1S/C46H70N4O9S2Si.C40H57NO7SSi/c1-11-13-14-15-19-25-39(52)60-27-21-20-24-34(30-38(51)57-26-28-62(8,9)10)58-44(55)40(32(3)4)50-41(53)35(12-2)47-42(54)37-31-61-43(48-37)36(29-33-22-17-16-18-23-33)49-45(56)59-46(5,6)7;1-7-8-9-10-11-23-37(43)49-25-17-16-18-30(27-36(42)46-24-26-50(4,5)6)48-39(44)38(29(2)3)41-40(45)47-28-35-33-21-14-12-19-31(33)32-20-13-15-22-34(32)35/h12,16-18,20,22-24,31-32,34,36,40H,11,13-15,19,21,25-30H2,1-10H3,(H,47,54)(H,49,56)(H,50,53);12-16,18-22,29-30,35,38H,7-11,17,23-28H2,1-6H3,(H,41,45)/b24-20+,35-12-;18-16+/t34-,36-,40+;30-,38+/m11/s1. The van der Waals surface area contributed by atoms with Crippen LogP contribution in [-0.2, 0) is 68.4 Å². The number of thioether (sulfide) groups is 2. The minimum absolute atomic E-state index is 0.0255. The fraction of sp³-hybridized carbons (Fsp3) is 0.570. The minimum atomic E-state index is -1.46. The van der Waals surface area contributed by atoms with Crippen molar-refractivity contribution in [2.75, 3.05) is 31.3 Å². The lowest BCUT2D eigenvalue weighted by atomic mass is 9.98. The number of aromatic nitrogens is 1. The highest BCUT2D eigenvalue weighted by molar-refractivity contribution is 8.13. The molecule has 0 saturated carbocycles. The van der Waals surface area contributed by atoms with Crippen LogP contribution in [0, 0.1) is 11.8 Å². The molecule has 4 aromatic rings. The molecule has 0 fully saturated rings. The van der Waals surface area contributed by atoms with E-state index in [1.807, 2.05) is 86.7 Å². The van der Waals surface area contributed by atoms with Crippen molar-refractivity contribution < 1.29 is 76.4 Å². The summed E-state index contributed by atoms with van der Waals surface area (Å²) in [7, 11) is -2.85. The average Bonchev–Trinajstić information content (AvgIpc) is 1.62. The molecule has 1 aliphatic rings. The highest BCUT2D eigenvalue weighted by Crippen LogP contribution is 2.44. The number of alkyl carbamates (subject to hydrolysis) is 2. The number of amides is 4. The molecule has 0 bridgehead atoms. The number of allylic oxidation sites excluding steroid dienone is 3. The Bertz CT molecular complexity index is 3670. The van der Waals surface area contributed by atoms with Gasteiger partial charge in [-0.2, -0.15) is 0 Å². The van der Waals surface area contributed by atoms with Crippen molar-refractivity contribution in [2.24, 2.45) is 11.8 Å². The summed E-state index contributed by atoms with van der Waals surface area (Å²) in [6, 6.07) is 24.6. The zero-order valence-corrected chi connectivity index (χ0v) is 73.7. The maximum absolute atomic E-state index is 13.7. The van der Waals surface area contributed by atoms with Gasteiger partial charge in [-0.3, -0.25) is 28.8 Å². The van der Waals surface area contributed by atoms with Gasteiger partial charge < -0.3 is 49.7 Å². The van der Waals surface area contributed by atoms with Crippen molar-refractivity contribution in [3.8, 4) is 11.1 Å². The van der Waals surface area contributed by atoms with Crippen LogP contribution in [0.15, 0.2) is 120 Å². The summed E-state index contributed by atoms with van der Waals surface area (Å²) in [5.41, 5.74) is 4.56. The van der Waals surface area contributed by atoms with Gasteiger partial charge in [0.25, 0.3) is 11.8 Å². The smallest absolute Gasteiger partial charge is 0.408 e. The van der Waals surface area contributed by atoms with E-state index in [9.17, 15) is 47.9 Å². The maximum atomic E-state index is 13.7. The van der Waals surface area contributed by atoms with E-state index in [2.05, 4.69) is 91.5 Å². The molecular formula is C86H127N5O16S3Si2. The number of unbranched alkanes of at least 4 members (excludes halogenated alkanes) is 8. The first-order valence-electron chi connectivity index (χ1n) is 39.9. The summed E-state index contributed by atoms with van der Waals surface area (Å²) in [5, 5.41) is 13.2. The number of rotatable bonds is 47. The number of hydrogen-bond donors (Lipinski definition) is 4. The predicted molar refractivity (Wildman–Crippen MR) is 456 cm³/mol. The molecule has 1 aromatic heterocycles. The SMILES string of the molecule is C/C=C(\NC(=O)c1csc([C@@H](Cc2ccccc2)NC(=O)OC(C)(C)C)n1)C(=O)N[C@H](C(=O)O[C@H](/C=C/CCSC(=O)CCCCCCC)CC(=O)OCC[Si](C)(C)C)C(C)C.CCCCCCCC(=O)SCC/C=C/[C@H](CC(=O)OCC[Si](C)(C)C)OC(=O)[C@@H](NC(=O)OCC1c2ccccc2-c2ccccc21)C(C)C. The Morgan fingerprint density at radius 1 is 0.580 bits per heavy atom. The van der Waals surface area contributed by atoms with Gasteiger partial charge in [-0.25, -0.2) is 24.2 Å². The summed E-state index contributed by atoms with van der Waals surface area (Å²) in [4.78, 5) is 135. The average molecular weight is 1640 g/mol. The third-order valence-corrected chi connectivity index (χ3v) is 24.1. The Morgan fingerprint density at radius 2 is 1.04 bits per heavy atom. The molecule has 5 rings (SSSR count). The topological polar surface area (TPSA) is 287 Å². The number of esters is 4. The second-order valence-electron chi connectivity index (χ2n) is 32.1. The zero-order valence-electron chi connectivity index (χ0n) is 69.3. The number of fused-ring (bicyclic) bond motifs is 3. The van der Waals surface area contributed by atoms with Crippen molar-refractivity contribution in [2.45, 2.75) is 272 Å². The van der Waals surface area contributed by atoms with Crippen LogP contribution in [0.25, 0.3) is 11.1 Å². The number of ether oxygens (including phenoxy) is 6.